The number of ether oxygens (including phenoxy) is 4. The molecule has 21 heteroatoms. The predicted molar refractivity (Wildman–Crippen MR) is 262 cm³/mol. The lowest BCUT2D eigenvalue weighted by molar-refractivity contribution is -0.142. The molecule has 0 radical (unpaired) electrons. The van der Waals surface area contributed by atoms with Gasteiger partial charge < -0.3 is 64.8 Å². The van der Waals surface area contributed by atoms with Crippen molar-refractivity contribution in [1.82, 2.24) is 24.3 Å². The third-order valence-electron chi connectivity index (χ3n) is 10.4. The van der Waals surface area contributed by atoms with Gasteiger partial charge in [-0.15, -0.1) is 0 Å². The standard InChI is InChI=1S/C18H23N3O5.C17H21N3O5.C14H16N2O3/c1-25-10-8-19-18(24)20-14-4-3-13-7-9-21(16(13)11-14)12-15(22)5-6-17(23)26-2;1-25-9-7-18-17(24)19-13-3-2-12-6-8-20(15(12)10-13)11-14(21)4-5-16(22)23;1-19-14(18)5-4-12(17)9-16-7-6-10-2-3-11(15)8-13(10)16/h3-4,7,9,11H,5-6,8,10,12H2,1-2H3,(H2,19,20,24);2-3,6,8,10H,4-5,7,9,11H2,1H3,(H,22,23)(H2,18,19,24);2-3,6-8H,4-5,9,15H2,1H3. The Morgan fingerprint density at radius 3 is 1.24 bits per heavy atom. The number of carbonyl (C=O) groups excluding carboxylic acids is 7. The molecule has 6 aromatic rings. The Morgan fingerprint density at radius 2 is 0.871 bits per heavy atom. The molecule has 0 fully saturated rings. The molecule has 7 N–H and O–H groups in total. The van der Waals surface area contributed by atoms with Crippen LogP contribution in [0, 0.1) is 0 Å². The van der Waals surface area contributed by atoms with Crippen molar-refractivity contribution in [3.8, 4) is 0 Å². The van der Waals surface area contributed by atoms with E-state index < -0.39 is 11.9 Å². The van der Waals surface area contributed by atoms with E-state index in [1.807, 2.05) is 65.5 Å². The highest BCUT2D eigenvalue weighted by Crippen LogP contribution is 2.23. The molecule has 0 saturated carbocycles. The number of carboxylic acids is 1. The summed E-state index contributed by atoms with van der Waals surface area (Å²) in [6, 6.07) is 21.5. The largest absolute Gasteiger partial charge is 0.481 e. The number of nitrogens with two attached hydrogens (primary N) is 1. The molecule has 21 nitrogen and oxygen atoms in total. The molecule has 0 saturated heterocycles. The summed E-state index contributed by atoms with van der Waals surface area (Å²) in [4.78, 5) is 92.0. The summed E-state index contributed by atoms with van der Waals surface area (Å²) < 4.78 is 24.2. The number of hydrogen-bond donors (Lipinski definition) is 6. The zero-order valence-electron chi connectivity index (χ0n) is 39.6. The number of benzene rings is 3. The van der Waals surface area contributed by atoms with Crippen LogP contribution in [-0.2, 0) is 67.3 Å². The van der Waals surface area contributed by atoms with E-state index in [9.17, 15) is 38.4 Å². The van der Waals surface area contributed by atoms with Gasteiger partial charge in [0, 0.05) is 82.2 Å². The van der Waals surface area contributed by atoms with Crippen LogP contribution >= 0.6 is 0 Å². The molecule has 3 aromatic carbocycles. The Balaban J connectivity index is 0.000000231. The number of methoxy groups -OCH3 is 4. The number of rotatable bonds is 23. The number of aliphatic carboxylic acids is 1. The van der Waals surface area contributed by atoms with Gasteiger partial charge in [-0.3, -0.25) is 28.8 Å². The van der Waals surface area contributed by atoms with Crippen molar-refractivity contribution in [1.29, 1.82) is 0 Å². The minimum Gasteiger partial charge on any atom is -0.481 e. The van der Waals surface area contributed by atoms with Gasteiger partial charge in [0.1, 0.15) is 0 Å². The summed E-state index contributed by atoms with van der Waals surface area (Å²) in [5.41, 5.74) is 10.2. The number of aromatic nitrogens is 3. The van der Waals surface area contributed by atoms with Crippen LogP contribution in [-0.4, -0.2) is 121 Å². The van der Waals surface area contributed by atoms with Crippen molar-refractivity contribution in [2.45, 2.75) is 58.2 Å². The summed E-state index contributed by atoms with van der Waals surface area (Å²) in [5, 5.41) is 22.4. The lowest BCUT2D eigenvalue weighted by Gasteiger charge is -2.09. The van der Waals surface area contributed by atoms with Crippen molar-refractivity contribution in [3.63, 3.8) is 0 Å². The minimum absolute atomic E-state index is 0.00511. The van der Waals surface area contributed by atoms with Crippen molar-refractivity contribution in [3.05, 3.63) is 91.4 Å². The maximum absolute atomic E-state index is 12.1. The Hall–Kier alpha value is -8.04. The second-order valence-electron chi connectivity index (χ2n) is 15.6. The normalized spacial score (nSPS) is 10.6. The minimum atomic E-state index is -0.989. The van der Waals surface area contributed by atoms with Gasteiger partial charge in [0.2, 0.25) is 0 Å². The van der Waals surface area contributed by atoms with Crippen molar-refractivity contribution >= 4 is 97.1 Å². The van der Waals surface area contributed by atoms with E-state index in [1.54, 1.807) is 53.8 Å². The summed E-state index contributed by atoms with van der Waals surface area (Å²) >= 11 is 0. The number of esters is 2. The number of carboxylic acid groups (broad SMARTS) is 1. The SMILES string of the molecule is COC(=O)CCC(=O)Cn1ccc2ccc(N)cc21.COCCNC(=O)Nc1ccc2ccn(CC(=O)CCC(=O)O)c2c1.COCCNC(=O)Nc1ccc2ccn(CC(=O)CCC(=O)OC)c2c1. The summed E-state index contributed by atoms with van der Waals surface area (Å²) in [7, 11) is 5.73. The molecule has 4 amide bonds. The molecule has 0 aliphatic rings. The lowest BCUT2D eigenvalue weighted by Crippen LogP contribution is -2.31. The molecule has 374 valence electrons. The highest BCUT2D eigenvalue weighted by molar-refractivity contribution is 5.95. The van der Waals surface area contributed by atoms with E-state index in [-0.39, 0.29) is 93.5 Å². The van der Waals surface area contributed by atoms with Crippen LogP contribution in [0.15, 0.2) is 91.4 Å². The Bertz CT molecular complexity index is 2760. The molecule has 0 atom stereocenters. The molecular formula is C49H60N8O13. The number of urea groups is 2. The first-order valence-corrected chi connectivity index (χ1v) is 22.1. The van der Waals surface area contributed by atoms with Gasteiger partial charge in [-0.1, -0.05) is 18.2 Å². The quantitative estimate of drug-likeness (QED) is 0.0262. The van der Waals surface area contributed by atoms with Crippen LogP contribution in [0.3, 0.4) is 0 Å². The maximum Gasteiger partial charge on any atom is 0.319 e. The van der Waals surface area contributed by atoms with Crippen molar-refractivity contribution in [2.24, 2.45) is 0 Å². The number of nitrogen functional groups attached to an aromatic ring is 1. The number of amides is 4. The van der Waals surface area contributed by atoms with E-state index in [4.69, 9.17) is 20.3 Å². The highest BCUT2D eigenvalue weighted by atomic mass is 16.5. The van der Waals surface area contributed by atoms with Gasteiger partial charge in [0.25, 0.3) is 0 Å². The number of hydrogen-bond acceptors (Lipinski definition) is 13. The number of carbonyl (C=O) groups is 8. The number of anilines is 3. The number of Topliss-reactive ketones (excluding diaryl/α,β-unsaturated/α-hetero) is 3. The topological polar surface area (TPSA) is 283 Å². The Kier molecular flexibility index (Phi) is 22.1. The molecule has 0 unspecified atom stereocenters. The monoisotopic (exact) mass is 968 g/mol. The first-order chi connectivity index (χ1) is 33.6. The number of nitrogens with one attached hydrogen (secondary N) is 4. The number of fused-ring (bicyclic) bond motifs is 3. The maximum atomic E-state index is 12.1. The molecule has 3 aromatic heterocycles. The fraction of sp³-hybridized carbons (Fsp3) is 0.347. The van der Waals surface area contributed by atoms with E-state index >= 15 is 0 Å². The summed E-state index contributed by atoms with van der Waals surface area (Å²) in [5.74, 6) is -1.99. The molecule has 6 rings (SSSR count). The van der Waals surface area contributed by atoms with Crippen LogP contribution in [0.2, 0.25) is 0 Å². The predicted octanol–water partition coefficient (Wildman–Crippen LogP) is 5.52. The van der Waals surface area contributed by atoms with E-state index in [2.05, 4.69) is 30.7 Å². The fourth-order valence-corrected chi connectivity index (χ4v) is 6.76. The van der Waals surface area contributed by atoms with Crippen molar-refractivity contribution in [2.75, 3.05) is 71.1 Å². The van der Waals surface area contributed by atoms with Gasteiger partial charge in [0.15, 0.2) is 17.3 Å². The van der Waals surface area contributed by atoms with E-state index in [0.29, 0.717) is 43.4 Å². The zero-order valence-corrected chi connectivity index (χ0v) is 39.6. The van der Waals surface area contributed by atoms with Gasteiger partial charge in [0.05, 0.1) is 82.9 Å². The van der Waals surface area contributed by atoms with Gasteiger partial charge in [-0.2, -0.15) is 0 Å². The average Bonchev–Trinajstić information content (AvgIpc) is 4.06. The lowest BCUT2D eigenvalue weighted by atomic mass is 10.2. The highest BCUT2D eigenvalue weighted by Gasteiger charge is 2.13. The van der Waals surface area contributed by atoms with Crippen LogP contribution in [0.4, 0.5) is 26.7 Å². The molecule has 0 spiro atoms. The first-order valence-electron chi connectivity index (χ1n) is 22.1. The molecule has 0 bridgehead atoms. The molecule has 3 heterocycles. The van der Waals surface area contributed by atoms with Crippen LogP contribution < -0.4 is 27.0 Å². The Labute approximate surface area is 403 Å². The third-order valence-corrected chi connectivity index (χ3v) is 10.4. The first kappa shape index (κ1) is 54.6. The Morgan fingerprint density at radius 1 is 0.500 bits per heavy atom. The summed E-state index contributed by atoms with van der Waals surface area (Å²) in [6.45, 7) is 2.17. The van der Waals surface area contributed by atoms with Gasteiger partial charge in [-0.25, -0.2) is 9.59 Å². The zero-order chi connectivity index (χ0) is 51.0. The second-order valence-corrected chi connectivity index (χ2v) is 15.6. The molecular weight excluding hydrogens is 909 g/mol. The third kappa shape index (κ3) is 18.2. The molecule has 0 aliphatic carbocycles. The summed E-state index contributed by atoms with van der Waals surface area (Å²) in [6.07, 6.45) is 5.76. The number of nitrogens with zero attached hydrogens (tertiary/aromatic N) is 3. The second kappa shape index (κ2) is 28.3. The average molecular weight is 969 g/mol. The van der Waals surface area contributed by atoms with Crippen LogP contribution in [0.5, 0.6) is 0 Å². The van der Waals surface area contributed by atoms with Crippen LogP contribution in [0.1, 0.15) is 38.5 Å². The van der Waals surface area contributed by atoms with E-state index in [0.717, 1.165) is 32.7 Å². The van der Waals surface area contributed by atoms with Gasteiger partial charge in [-0.05, 0) is 70.8 Å². The van der Waals surface area contributed by atoms with Crippen LogP contribution in [0.25, 0.3) is 32.7 Å². The fourth-order valence-electron chi connectivity index (χ4n) is 6.76. The van der Waals surface area contributed by atoms with E-state index in [1.165, 1.54) is 14.2 Å². The number of ketones is 3. The molecule has 70 heavy (non-hydrogen) atoms. The van der Waals surface area contributed by atoms with Crippen molar-refractivity contribution < 1.29 is 62.4 Å². The molecule has 0 aliphatic heterocycles. The smallest absolute Gasteiger partial charge is 0.319 e. The van der Waals surface area contributed by atoms with Gasteiger partial charge >= 0.3 is 30.0 Å².